The number of rotatable bonds is 5. The maximum atomic E-state index is 11.1. The monoisotopic (exact) mass is 266 g/mol. The normalized spacial score (nSPS) is 20.6. The van der Waals surface area contributed by atoms with E-state index in [-0.39, 0.29) is 5.91 Å². The predicted octanol–water partition coefficient (Wildman–Crippen LogP) is 2.43. The number of nitrogens with one attached hydrogen (secondary N) is 1. The van der Waals surface area contributed by atoms with Crippen LogP contribution in [0.3, 0.4) is 0 Å². The van der Waals surface area contributed by atoms with Crippen molar-refractivity contribution in [2.75, 3.05) is 0 Å². The van der Waals surface area contributed by atoms with Gasteiger partial charge in [-0.25, -0.2) is 0 Å². The number of benzene rings is 2. The van der Waals surface area contributed by atoms with Gasteiger partial charge in [0.25, 0.3) is 0 Å². The van der Waals surface area contributed by atoms with E-state index in [1.807, 2.05) is 24.3 Å². The Kier molecular flexibility index (Phi) is 3.52. The van der Waals surface area contributed by atoms with Crippen LogP contribution < -0.4 is 11.1 Å². The van der Waals surface area contributed by atoms with Gasteiger partial charge in [0, 0.05) is 24.1 Å². The quantitative estimate of drug-likeness (QED) is 0.873. The molecule has 3 nitrogen and oxygen atoms in total. The summed E-state index contributed by atoms with van der Waals surface area (Å²) in [7, 11) is 0. The first kappa shape index (κ1) is 12.9. The summed E-state index contributed by atoms with van der Waals surface area (Å²) in [6.07, 6.45) is 1.18. The van der Waals surface area contributed by atoms with Gasteiger partial charge in [-0.3, -0.25) is 4.79 Å². The van der Waals surface area contributed by atoms with Crippen LogP contribution in [0, 0.1) is 0 Å². The first-order chi connectivity index (χ1) is 9.74. The average Bonchev–Trinajstić information content (AvgIpc) is 3.26. The zero-order valence-electron chi connectivity index (χ0n) is 11.3. The Labute approximate surface area is 118 Å². The molecule has 20 heavy (non-hydrogen) atoms. The van der Waals surface area contributed by atoms with E-state index in [2.05, 4.69) is 29.6 Å². The summed E-state index contributed by atoms with van der Waals surface area (Å²) in [5.74, 6) is 0.246. The molecule has 2 aromatic carbocycles. The van der Waals surface area contributed by atoms with E-state index in [0.717, 1.165) is 12.1 Å². The Hall–Kier alpha value is -2.13. The van der Waals surface area contributed by atoms with Gasteiger partial charge >= 0.3 is 0 Å². The van der Waals surface area contributed by atoms with E-state index in [1.54, 1.807) is 6.07 Å². The molecule has 0 spiro atoms. The van der Waals surface area contributed by atoms with Crippen LogP contribution in [-0.2, 0) is 6.54 Å². The molecule has 3 heteroatoms. The highest BCUT2D eigenvalue weighted by Crippen LogP contribution is 2.40. The first-order valence-corrected chi connectivity index (χ1v) is 6.91. The van der Waals surface area contributed by atoms with Crippen molar-refractivity contribution in [3.05, 3.63) is 71.3 Å². The smallest absolute Gasteiger partial charge is 0.248 e. The molecule has 0 aliphatic heterocycles. The Morgan fingerprint density at radius 2 is 1.95 bits per heavy atom. The molecule has 3 rings (SSSR count). The van der Waals surface area contributed by atoms with Crippen molar-refractivity contribution in [3.63, 3.8) is 0 Å². The van der Waals surface area contributed by atoms with Gasteiger partial charge in [0.2, 0.25) is 5.91 Å². The molecule has 0 aromatic heterocycles. The van der Waals surface area contributed by atoms with Crippen LogP contribution in [0.15, 0.2) is 54.6 Å². The summed E-state index contributed by atoms with van der Waals surface area (Å²) in [6.45, 7) is 0.773. The molecular weight excluding hydrogens is 248 g/mol. The maximum absolute atomic E-state index is 11.1. The van der Waals surface area contributed by atoms with Gasteiger partial charge < -0.3 is 11.1 Å². The molecule has 2 aromatic rings. The number of nitrogens with two attached hydrogens (primary N) is 1. The van der Waals surface area contributed by atoms with Crippen molar-refractivity contribution in [2.45, 2.75) is 24.9 Å². The molecule has 0 saturated heterocycles. The van der Waals surface area contributed by atoms with Crippen LogP contribution in [0.25, 0.3) is 0 Å². The molecule has 0 bridgehead atoms. The summed E-state index contributed by atoms with van der Waals surface area (Å²) in [4.78, 5) is 11.1. The Morgan fingerprint density at radius 3 is 2.70 bits per heavy atom. The lowest BCUT2D eigenvalue weighted by Crippen LogP contribution is -2.18. The fraction of sp³-hybridized carbons (Fsp3) is 0.235. The van der Waals surface area contributed by atoms with Crippen molar-refractivity contribution >= 4 is 5.91 Å². The van der Waals surface area contributed by atoms with Crippen LogP contribution in [-0.4, -0.2) is 11.9 Å². The fourth-order valence-corrected chi connectivity index (χ4v) is 2.57. The third-order valence-electron chi connectivity index (χ3n) is 3.80. The van der Waals surface area contributed by atoms with Crippen molar-refractivity contribution in [1.82, 2.24) is 5.32 Å². The van der Waals surface area contributed by atoms with E-state index < -0.39 is 0 Å². The highest BCUT2D eigenvalue weighted by Gasteiger charge is 2.37. The lowest BCUT2D eigenvalue weighted by Gasteiger charge is -2.06. The lowest BCUT2D eigenvalue weighted by atomic mass is 10.1. The fourth-order valence-electron chi connectivity index (χ4n) is 2.57. The highest BCUT2D eigenvalue weighted by atomic mass is 16.1. The van der Waals surface area contributed by atoms with Crippen molar-refractivity contribution in [3.8, 4) is 0 Å². The van der Waals surface area contributed by atoms with Crippen LogP contribution in [0.5, 0.6) is 0 Å². The van der Waals surface area contributed by atoms with Gasteiger partial charge in [-0.05, 0) is 29.7 Å². The zero-order valence-corrected chi connectivity index (χ0v) is 11.3. The second-order valence-corrected chi connectivity index (χ2v) is 5.30. The minimum atomic E-state index is -0.375. The zero-order chi connectivity index (χ0) is 13.9. The number of hydrogen-bond acceptors (Lipinski definition) is 2. The Balaban J connectivity index is 1.56. The third-order valence-corrected chi connectivity index (χ3v) is 3.80. The summed E-state index contributed by atoms with van der Waals surface area (Å²) < 4.78 is 0. The Bertz CT molecular complexity index is 609. The number of carbonyl (C=O) groups is 1. The Morgan fingerprint density at radius 1 is 1.15 bits per heavy atom. The van der Waals surface area contributed by atoms with Crippen molar-refractivity contribution < 1.29 is 4.79 Å². The van der Waals surface area contributed by atoms with Crippen LogP contribution in [0.1, 0.15) is 33.8 Å². The molecule has 1 aliphatic carbocycles. The molecule has 1 aliphatic rings. The van der Waals surface area contributed by atoms with E-state index in [1.165, 1.54) is 12.0 Å². The molecule has 2 unspecified atom stereocenters. The van der Waals surface area contributed by atoms with Gasteiger partial charge in [-0.1, -0.05) is 42.5 Å². The lowest BCUT2D eigenvalue weighted by molar-refractivity contribution is 0.1000. The topological polar surface area (TPSA) is 55.1 Å². The average molecular weight is 266 g/mol. The van der Waals surface area contributed by atoms with Gasteiger partial charge in [-0.15, -0.1) is 0 Å². The minimum Gasteiger partial charge on any atom is -0.366 e. The van der Waals surface area contributed by atoms with Crippen molar-refractivity contribution in [2.24, 2.45) is 5.73 Å². The molecule has 3 N–H and O–H groups in total. The molecule has 1 saturated carbocycles. The van der Waals surface area contributed by atoms with E-state index in [0.29, 0.717) is 17.5 Å². The van der Waals surface area contributed by atoms with Crippen molar-refractivity contribution in [1.29, 1.82) is 0 Å². The second kappa shape index (κ2) is 5.47. The summed E-state index contributed by atoms with van der Waals surface area (Å²) >= 11 is 0. The summed E-state index contributed by atoms with van der Waals surface area (Å²) in [6, 6.07) is 18.6. The standard InChI is InChI=1S/C17H18N2O/c18-17(20)14-8-4-5-12(9-14)11-19-16-10-15(16)13-6-2-1-3-7-13/h1-9,15-16,19H,10-11H2,(H2,18,20). The van der Waals surface area contributed by atoms with Crippen LogP contribution in [0.2, 0.25) is 0 Å². The second-order valence-electron chi connectivity index (χ2n) is 5.30. The number of amides is 1. The predicted molar refractivity (Wildman–Crippen MR) is 79.4 cm³/mol. The molecule has 0 radical (unpaired) electrons. The number of carbonyl (C=O) groups excluding carboxylic acids is 1. The van der Waals surface area contributed by atoms with Gasteiger partial charge in [-0.2, -0.15) is 0 Å². The molecule has 2 atom stereocenters. The molecule has 1 amide bonds. The molecule has 1 fully saturated rings. The van der Waals surface area contributed by atoms with Crippen LogP contribution in [0.4, 0.5) is 0 Å². The van der Waals surface area contributed by atoms with Gasteiger partial charge in [0.15, 0.2) is 0 Å². The van der Waals surface area contributed by atoms with E-state index >= 15 is 0 Å². The van der Waals surface area contributed by atoms with Gasteiger partial charge in [0.05, 0.1) is 0 Å². The van der Waals surface area contributed by atoms with Gasteiger partial charge in [0.1, 0.15) is 0 Å². The number of hydrogen-bond donors (Lipinski definition) is 2. The maximum Gasteiger partial charge on any atom is 0.248 e. The first-order valence-electron chi connectivity index (χ1n) is 6.91. The molecule has 102 valence electrons. The van der Waals surface area contributed by atoms with Crippen LogP contribution >= 0.6 is 0 Å². The molecule has 0 heterocycles. The molecular formula is C17H18N2O. The minimum absolute atomic E-state index is 0.375. The number of primary amides is 1. The highest BCUT2D eigenvalue weighted by molar-refractivity contribution is 5.92. The third kappa shape index (κ3) is 2.89. The SMILES string of the molecule is NC(=O)c1cccc(CNC2CC2c2ccccc2)c1. The summed E-state index contributed by atoms with van der Waals surface area (Å²) in [5, 5.41) is 3.54. The van der Waals surface area contributed by atoms with E-state index in [9.17, 15) is 4.79 Å². The largest absolute Gasteiger partial charge is 0.366 e. The summed E-state index contributed by atoms with van der Waals surface area (Å²) in [5.41, 5.74) is 8.36. The van der Waals surface area contributed by atoms with E-state index in [4.69, 9.17) is 5.73 Å².